The van der Waals surface area contributed by atoms with Crippen molar-refractivity contribution in [2.24, 2.45) is 10.9 Å². The Morgan fingerprint density at radius 3 is 2.53 bits per heavy atom. The molecular formula is C16H23NO2. The Morgan fingerprint density at radius 2 is 2.00 bits per heavy atom. The van der Waals surface area contributed by atoms with Crippen LogP contribution in [0.15, 0.2) is 23.2 Å². The van der Waals surface area contributed by atoms with E-state index in [1.165, 1.54) is 0 Å². The van der Waals surface area contributed by atoms with E-state index in [2.05, 4.69) is 19.9 Å². The van der Waals surface area contributed by atoms with Crippen molar-refractivity contribution in [2.75, 3.05) is 7.11 Å². The molecule has 1 aliphatic heterocycles. The number of hydrogen-bond donors (Lipinski definition) is 0. The first kappa shape index (κ1) is 13.9. The summed E-state index contributed by atoms with van der Waals surface area (Å²) in [7, 11) is 1.67. The van der Waals surface area contributed by atoms with Crippen LogP contribution in [0.1, 0.15) is 39.7 Å². The van der Waals surface area contributed by atoms with E-state index in [9.17, 15) is 0 Å². The average Bonchev–Trinajstić information content (AvgIpc) is 2.68. The van der Waals surface area contributed by atoms with Crippen molar-refractivity contribution in [3.05, 3.63) is 23.8 Å². The van der Waals surface area contributed by atoms with Crippen molar-refractivity contribution in [2.45, 2.75) is 46.3 Å². The van der Waals surface area contributed by atoms with Gasteiger partial charge >= 0.3 is 0 Å². The second kappa shape index (κ2) is 5.64. The molecule has 104 valence electrons. The molecule has 0 N–H and O–H groups in total. The molecule has 2 atom stereocenters. The van der Waals surface area contributed by atoms with Gasteiger partial charge in [-0.15, -0.1) is 0 Å². The summed E-state index contributed by atoms with van der Waals surface area (Å²) in [6, 6.07) is 6.37. The second-order valence-electron chi connectivity index (χ2n) is 5.53. The highest BCUT2D eigenvalue weighted by Crippen LogP contribution is 2.32. The van der Waals surface area contributed by atoms with Gasteiger partial charge in [0, 0.05) is 17.3 Å². The molecule has 0 amide bonds. The smallest absolute Gasteiger partial charge is 0.132 e. The predicted molar refractivity (Wildman–Crippen MR) is 78.5 cm³/mol. The van der Waals surface area contributed by atoms with E-state index < -0.39 is 0 Å². The maximum Gasteiger partial charge on any atom is 0.132 e. The van der Waals surface area contributed by atoms with Crippen molar-refractivity contribution in [3.8, 4) is 11.5 Å². The summed E-state index contributed by atoms with van der Waals surface area (Å²) >= 11 is 0. The zero-order chi connectivity index (χ0) is 14.0. The number of rotatable bonds is 4. The molecule has 1 aromatic rings. The summed E-state index contributed by atoms with van der Waals surface area (Å²) in [6.07, 6.45) is 1.16. The highest BCUT2D eigenvalue weighted by Gasteiger charge is 2.25. The molecule has 19 heavy (non-hydrogen) atoms. The molecule has 2 rings (SSSR count). The number of aliphatic imine (C=N–C) groups is 1. The fourth-order valence-electron chi connectivity index (χ4n) is 2.30. The number of nitrogens with zero attached hydrogens (tertiary/aromatic N) is 1. The maximum absolute atomic E-state index is 5.91. The third-order valence-corrected chi connectivity index (χ3v) is 3.56. The average molecular weight is 261 g/mol. The Morgan fingerprint density at radius 1 is 1.26 bits per heavy atom. The van der Waals surface area contributed by atoms with Crippen LogP contribution in [0.5, 0.6) is 11.5 Å². The van der Waals surface area contributed by atoms with E-state index >= 15 is 0 Å². The first-order valence-electron chi connectivity index (χ1n) is 6.93. The number of methoxy groups -OCH3 is 1. The third-order valence-electron chi connectivity index (χ3n) is 3.56. The van der Waals surface area contributed by atoms with Gasteiger partial charge in [-0.25, -0.2) is 0 Å². The van der Waals surface area contributed by atoms with Gasteiger partial charge in [0.05, 0.1) is 19.3 Å². The Hall–Kier alpha value is -1.51. The van der Waals surface area contributed by atoms with Crippen LogP contribution in [0, 0.1) is 5.92 Å². The first-order chi connectivity index (χ1) is 9.01. The summed E-state index contributed by atoms with van der Waals surface area (Å²) in [6.45, 7) is 8.48. The minimum atomic E-state index is 0.141. The van der Waals surface area contributed by atoms with E-state index in [1.807, 2.05) is 26.0 Å². The lowest BCUT2D eigenvalue weighted by Gasteiger charge is -2.15. The molecule has 0 saturated heterocycles. The molecule has 1 aliphatic rings. The Balaban J connectivity index is 2.36. The van der Waals surface area contributed by atoms with Crippen molar-refractivity contribution in [1.82, 2.24) is 0 Å². The summed E-state index contributed by atoms with van der Waals surface area (Å²) < 4.78 is 11.2. The molecular weight excluding hydrogens is 238 g/mol. The molecule has 1 aromatic carbocycles. The molecule has 0 fully saturated rings. The molecule has 0 radical (unpaired) electrons. The van der Waals surface area contributed by atoms with Crippen molar-refractivity contribution in [3.63, 3.8) is 0 Å². The lowest BCUT2D eigenvalue weighted by Crippen LogP contribution is -2.10. The Bertz CT molecular complexity index is 480. The van der Waals surface area contributed by atoms with Crippen LogP contribution < -0.4 is 9.47 Å². The first-order valence-corrected chi connectivity index (χ1v) is 6.93. The molecule has 0 aromatic heterocycles. The summed E-state index contributed by atoms with van der Waals surface area (Å²) in [5.41, 5.74) is 2.25. The largest absolute Gasteiger partial charge is 0.497 e. The van der Waals surface area contributed by atoms with E-state index in [-0.39, 0.29) is 6.10 Å². The quantitative estimate of drug-likeness (QED) is 0.827. The molecule has 0 aliphatic carbocycles. The fourth-order valence-corrected chi connectivity index (χ4v) is 2.30. The van der Waals surface area contributed by atoms with Gasteiger partial charge in [0.2, 0.25) is 0 Å². The Labute approximate surface area is 115 Å². The zero-order valence-corrected chi connectivity index (χ0v) is 12.4. The highest BCUT2D eigenvalue weighted by molar-refractivity contribution is 6.04. The standard InChI is InChI=1S/C16H23NO2/c1-10(2)19-16-9-13(18-5)6-7-14(16)15-8-11(3)12(4)17-15/h6-7,9-12H,8H2,1-5H3. The van der Waals surface area contributed by atoms with Gasteiger partial charge in [-0.2, -0.15) is 0 Å². The molecule has 3 heteroatoms. The van der Waals surface area contributed by atoms with Crippen LogP contribution in [0.25, 0.3) is 0 Å². The molecule has 1 heterocycles. The number of ether oxygens (including phenoxy) is 2. The van der Waals surface area contributed by atoms with Crippen LogP contribution in [0.3, 0.4) is 0 Å². The van der Waals surface area contributed by atoms with Gasteiger partial charge in [-0.1, -0.05) is 6.92 Å². The monoisotopic (exact) mass is 261 g/mol. The van der Waals surface area contributed by atoms with E-state index in [0.717, 1.165) is 29.2 Å². The summed E-state index contributed by atoms with van der Waals surface area (Å²) in [5.74, 6) is 2.29. The van der Waals surface area contributed by atoms with Crippen LogP contribution in [-0.4, -0.2) is 25.0 Å². The van der Waals surface area contributed by atoms with Crippen LogP contribution in [0.4, 0.5) is 0 Å². The summed E-state index contributed by atoms with van der Waals surface area (Å²) in [5, 5.41) is 0. The van der Waals surface area contributed by atoms with Crippen molar-refractivity contribution >= 4 is 5.71 Å². The van der Waals surface area contributed by atoms with Crippen LogP contribution in [-0.2, 0) is 0 Å². The normalized spacial score (nSPS) is 22.5. The molecule has 0 spiro atoms. The van der Waals surface area contributed by atoms with E-state index in [0.29, 0.717) is 12.0 Å². The molecule has 3 nitrogen and oxygen atoms in total. The third kappa shape index (κ3) is 3.09. The van der Waals surface area contributed by atoms with Gasteiger partial charge < -0.3 is 9.47 Å². The summed E-state index contributed by atoms with van der Waals surface area (Å²) in [4.78, 5) is 4.76. The van der Waals surface area contributed by atoms with Gasteiger partial charge in [-0.05, 0) is 45.2 Å². The van der Waals surface area contributed by atoms with Crippen LogP contribution >= 0.6 is 0 Å². The number of benzene rings is 1. The van der Waals surface area contributed by atoms with Gasteiger partial charge in [0.1, 0.15) is 11.5 Å². The maximum atomic E-state index is 5.91. The minimum absolute atomic E-state index is 0.141. The van der Waals surface area contributed by atoms with Crippen LogP contribution in [0.2, 0.25) is 0 Å². The van der Waals surface area contributed by atoms with E-state index in [4.69, 9.17) is 14.5 Å². The van der Waals surface area contributed by atoms with Crippen molar-refractivity contribution < 1.29 is 9.47 Å². The SMILES string of the molecule is COc1ccc(C2=NC(C)C(C)C2)c(OC(C)C)c1. The number of hydrogen-bond acceptors (Lipinski definition) is 3. The molecule has 2 unspecified atom stereocenters. The predicted octanol–water partition coefficient (Wildman–Crippen LogP) is 3.70. The van der Waals surface area contributed by atoms with Gasteiger partial charge in [0.25, 0.3) is 0 Å². The molecule has 0 bridgehead atoms. The Kier molecular flexibility index (Phi) is 4.13. The molecule has 0 saturated carbocycles. The topological polar surface area (TPSA) is 30.8 Å². The lowest BCUT2D eigenvalue weighted by molar-refractivity contribution is 0.241. The van der Waals surface area contributed by atoms with Gasteiger partial charge in [0.15, 0.2) is 0 Å². The lowest BCUT2D eigenvalue weighted by atomic mass is 9.98. The van der Waals surface area contributed by atoms with E-state index in [1.54, 1.807) is 7.11 Å². The van der Waals surface area contributed by atoms with Crippen molar-refractivity contribution in [1.29, 1.82) is 0 Å². The minimum Gasteiger partial charge on any atom is -0.497 e. The zero-order valence-electron chi connectivity index (χ0n) is 12.4. The van der Waals surface area contributed by atoms with Gasteiger partial charge in [-0.3, -0.25) is 4.99 Å². The highest BCUT2D eigenvalue weighted by atomic mass is 16.5. The fraction of sp³-hybridized carbons (Fsp3) is 0.562. The second-order valence-corrected chi connectivity index (χ2v) is 5.53.